The molecule has 0 bridgehead atoms. The van der Waals surface area contributed by atoms with Gasteiger partial charge >= 0.3 is 0 Å². The van der Waals surface area contributed by atoms with Crippen LogP contribution in [-0.4, -0.2) is 16.7 Å². The van der Waals surface area contributed by atoms with E-state index in [2.05, 4.69) is 5.32 Å². The van der Waals surface area contributed by atoms with Crippen molar-refractivity contribution in [2.75, 3.05) is 5.32 Å². The summed E-state index contributed by atoms with van der Waals surface area (Å²) in [5, 5.41) is 3.86. The summed E-state index contributed by atoms with van der Waals surface area (Å²) < 4.78 is 0. The molecule has 1 N–H and O–H groups in total. The normalized spacial score (nSPS) is 13.8. The largest absolute Gasteiger partial charge is 0.350 e. The Hall–Kier alpha value is -3.37. The Morgan fingerprint density at radius 2 is 1.50 bits per heavy atom. The molecule has 0 aromatic heterocycles. The molecule has 1 heterocycles. The number of hydrogen-bond acceptors (Lipinski definition) is 3. The predicted molar refractivity (Wildman–Crippen MR) is 129 cm³/mol. The van der Waals surface area contributed by atoms with Crippen molar-refractivity contribution in [2.45, 2.75) is 34.2 Å². The number of nitrogens with one attached hydrogen (secondary N) is 1. The predicted octanol–water partition coefficient (Wildman–Crippen LogP) is 5.97. The van der Waals surface area contributed by atoms with Gasteiger partial charge in [0.15, 0.2) is 0 Å². The maximum atomic E-state index is 13.5. The molecule has 0 saturated heterocycles. The number of amides is 2. The van der Waals surface area contributed by atoms with E-state index >= 15 is 0 Å². The number of carbonyl (C=O) groups excluding carboxylic acids is 2. The number of nitrogens with zero attached hydrogens (tertiary/aromatic N) is 1. The molecule has 1 aliphatic rings. The third kappa shape index (κ3) is 4.19. The van der Waals surface area contributed by atoms with E-state index in [0.717, 1.165) is 39.1 Å². The molecule has 0 atom stereocenters. The Morgan fingerprint density at radius 3 is 2.16 bits per heavy atom. The van der Waals surface area contributed by atoms with Gasteiger partial charge in [0.2, 0.25) is 0 Å². The van der Waals surface area contributed by atoms with Crippen LogP contribution >= 0.6 is 11.6 Å². The van der Waals surface area contributed by atoms with Crippen LogP contribution in [0.1, 0.15) is 33.4 Å². The molecule has 1 aliphatic heterocycles. The zero-order valence-corrected chi connectivity index (χ0v) is 19.4. The fourth-order valence-electron chi connectivity index (χ4n) is 3.92. The van der Waals surface area contributed by atoms with Crippen LogP contribution in [0.3, 0.4) is 0 Å². The van der Waals surface area contributed by atoms with E-state index in [1.807, 2.05) is 76.2 Å². The second kappa shape index (κ2) is 8.64. The number of aryl methyl sites for hydroxylation is 4. The van der Waals surface area contributed by atoms with Gasteiger partial charge in [-0.25, -0.2) is 0 Å². The molecule has 5 heteroatoms. The van der Waals surface area contributed by atoms with E-state index in [4.69, 9.17) is 11.6 Å². The highest BCUT2D eigenvalue weighted by molar-refractivity contribution is 6.36. The van der Waals surface area contributed by atoms with E-state index in [1.54, 1.807) is 12.1 Å². The number of rotatable bonds is 5. The standard InChI is InChI=1S/C27H25ClN2O2/c1-16-5-12-23(19(4)13-16)24-25(29-22-11-6-17(2)18(3)14-22)27(32)30(26(24)31)15-20-7-9-21(28)10-8-20/h5-14,29H,15H2,1-4H3. The smallest absolute Gasteiger partial charge is 0.278 e. The van der Waals surface area contributed by atoms with Crippen LogP contribution in [0, 0.1) is 27.7 Å². The average molecular weight is 445 g/mol. The van der Waals surface area contributed by atoms with Crippen LogP contribution in [-0.2, 0) is 16.1 Å². The number of halogens is 1. The van der Waals surface area contributed by atoms with Gasteiger partial charge in [0.1, 0.15) is 5.70 Å². The van der Waals surface area contributed by atoms with Crippen LogP contribution in [0.2, 0.25) is 5.02 Å². The third-order valence-corrected chi connectivity index (χ3v) is 6.10. The lowest BCUT2D eigenvalue weighted by molar-refractivity contribution is -0.137. The lowest BCUT2D eigenvalue weighted by atomic mass is 9.97. The number of hydrogen-bond donors (Lipinski definition) is 1. The van der Waals surface area contributed by atoms with E-state index in [-0.39, 0.29) is 18.4 Å². The molecule has 162 valence electrons. The molecular formula is C27H25ClN2O2. The van der Waals surface area contributed by atoms with Crippen molar-refractivity contribution in [3.63, 3.8) is 0 Å². The van der Waals surface area contributed by atoms with Gasteiger partial charge in [-0.15, -0.1) is 0 Å². The zero-order chi connectivity index (χ0) is 23.0. The van der Waals surface area contributed by atoms with Gasteiger partial charge in [-0.3, -0.25) is 14.5 Å². The van der Waals surface area contributed by atoms with Crippen molar-refractivity contribution in [2.24, 2.45) is 0 Å². The average Bonchev–Trinajstić information content (AvgIpc) is 2.97. The minimum Gasteiger partial charge on any atom is -0.350 e. The monoisotopic (exact) mass is 444 g/mol. The minimum atomic E-state index is -0.335. The van der Waals surface area contributed by atoms with Crippen LogP contribution in [0.5, 0.6) is 0 Å². The highest BCUT2D eigenvalue weighted by atomic mass is 35.5. The van der Waals surface area contributed by atoms with Crippen LogP contribution < -0.4 is 5.32 Å². The Balaban J connectivity index is 1.77. The summed E-state index contributed by atoms with van der Waals surface area (Å²) in [6, 6.07) is 19.0. The molecule has 3 aromatic carbocycles. The summed E-state index contributed by atoms with van der Waals surface area (Å²) in [6.45, 7) is 8.21. The highest BCUT2D eigenvalue weighted by Gasteiger charge is 2.39. The molecule has 0 saturated carbocycles. The molecule has 0 fully saturated rings. The van der Waals surface area contributed by atoms with Gasteiger partial charge in [-0.1, -0.05) is 53.6 Å². The molecule has 3 aromatic rings. The zero-order valence-electron chi connectivity index (χ0n) is 18.6. The fourth-order valence-corrected chi connectivity index (χ4v) is 4.04. The van der Waals surface area contributed by atoms with E-state index in [0.29, 0.717) is 16.3 Å². The minimum absolute atomic E-state index is 0.182. The number of carbonyl (C=O) groups is 2. The summed E-state index contributed by atoms with van der Waals surface area (Å²) in [4.78, 5) is 28.3. The van der Waals surface area contributed by atoms with E-state index in [1.165, 1.54) is 4.90 Å². The molecule has 4 rings (SSSR count). The summed E-state index contributed by atoms with van der Waals surface area (Å²) in [6.07, 6.45) is 0. The van der Waals surface area contributed by atoms with Gasteiger partial charge in [-0.05, 0) is 79.8 Å². The Kier molecular flexibility index (Phi) is 5.90. The van der Waals surface area contributed by atoms with Crippen molar-refractivity contribution < 1.29 is 9.59 Å². The Bertz CT molecular complexity index is 1260. The van der Waals surface area contributed by atoms with Crippen LogP contribution in [0.15, 0.2) is 66.4 Å². The number of imide groups is 1. The first-order chi connectivity index (χ1) is 15.2. The highest BCUT2D eigenvalue weighted by Crippen LogP contribution is 2.33. The quantitative estimate of drug-likeness (QED) is 0.493. The molecule has 0 aliphatic carbocycles. The Morgan fingerprint density at radius 1 is 0.781 bits per heavy atom. The first-order valence-corrected chi connectivity index (χ1v) is 10.9. The molecule has 2 amide bonds. The maximum absolute atomic E-state index is 13.5. The molecule has 32 heavy (non-hydrogen) atoms. The summed E-state index contributed by atoms with van der Waals surface area (Å²) in [5.74, 6) is -0.638. The van der Waals surface area contributed by atoms with Crippen molar-refractivity contribution in [1.82, 2.24) is 4.90 Å². The Labute approximate surface area is 193 Å². The number of benzene rings is 3. The molecular weight excluding hydrogens is 420 g/mol. The number of anilines is 1. The lowest BCUT2D eigenvalue weighted by Gasteiger charge is -2.16. The first kappa shape index (κ1) is 21.8. The van der Waals surface area contributed by atoms with Crippen molar-refractivity contribution in [3.05, 3.63) is 105 Å². The van der Waals surface area contributed by atoms with Gasteiger partial charge < -0.3 is 5.32 Å². The van der Waals surface area contributed by atoms with E-state index in [9.17, 15) is 9.59 Å². The lowest BCUT2D eigenvalue weighted by Crippen LogP contribution is -2.32. The molecule has 0 spiro atoms. The van der Waals surface area contributed by atoms with Gasteiger partial charge in [-0.2, -0.15) is 0 Å². The maximum Gasteiger partial charge on any atom is 0.278 e. The molecule has 0 radical (unpaired) electrons. The van der Waals surface area contributed by atoms with E-state index < -0.39 is 0 Å². The molecule has 4 nitrogen and oxygen atoms in total. The fraction of sp³-hybridized carbons (Fsp3) is 0.185. The van der Waals surface area contributed by atoms with Crippen LogP contribution in [0.4, 0.5) is 5.69 Å². The summed E-state index contributed by atoms with van der Waals surface area (Å²) in [7, 11) is 0. The molecule has 0 unspecified atom stereocenters. The summed E-state index contributed by atoms with van der Waals surface area (Å²) >= 11 is 5.99. The topological polar surface area (TPSA) is 49.4 Å². The van der Waals surface area contributed by atoms with Gasteiger partial charge in [0.05, 0.1) is 12.1 Å². The van der Waals surface area contributed by atoms with Crippen molar-refractivity contribution in [1.29, 1.82) is 0 Å². The second-order valence-electron chi connectivity index (χ2n) is 8.32. The van der Waals surface area contributed by atoms with Crippen molar-refractivity contribution in [3.8, 4) is 0 Å². The SMILES string of the molecule is Cc1ccc(C2=C(Nc3ccc(C)c(C)c3)C(=O)N(Cc3ccc(Cl)cc3)C2=O)c(C)c1. The van der Waals surface area contributed by atoms with Gasteiger partial charge in [0, 0.05) is 10.7 Å². The van der Waals surface area contributed by atoms with Crippen molar-refractivity contribution >= 4 is 34.7 Å². The van der Waals surface area contributed by atoms with Crippen LogP contribution in [0.25, 0.3) is 5.57 Å². The first-order valence-electron chi connectivity index (χ1n) is 10.5. The third-order valence-electron chi connectivity index (χ3n) is 5.85. The second-order valence-corrected chi connectivity index (χ2v) is 8.75. The summed E-state index contributed by atoms with van der Waals surface area (Å²) in [5.41, 5.74) is 7.41. The van der Waals surface area contributed by atoms with Gasteiger partial charge in [0.25, 0.3) is 11.8 Å².